The van der Waals surface area contributed by atoms with Crippen molar-refractivity contribution in [3.63, 3.8) is 0 Å². The molecule has 0 saturated carbocycles. The zero-order chi connectivity index (χ0) is 13.8. The summed E-state index contributed by atoms with van der Waals surface area (Å²) in [5.74, 6) is 2.47. The van der Waals surface area contributed by atoms with Gasteiger partial charge in [0.05, 0.1) is 0 Å². The molecule has 2 rings (SSSR count). The van der Waals surface area contributed by atoms with Crippen LogP contribution in [-0.4, -0.2) is 16.0 Å². The number of hydrogen-bond acceptors (Lipinski definition) is 3. The Labute approximate surface area is 117 Å². The highest BCUT2D eigenvalue weighted by Crippen LogP contribution is 2.26. The van der Waals surface area contributed by atoms with Crippen molar-refractivity contribution in [1.82, 2.24) is 9.97 Å². The van der Waals surface area contributed by atoms with Gasteiger partial charge in [0.25, 0.3) is 0 Å². The summed E-state index contributed by atoms with van der Waals surface area (Å²) in [4.78, 5) is 9.61. The quantitative estimate of drug-likeness (QED) is 0.891. The van der Waals surface area contributed by atoms with Crippen LogP contribution in [0.25, 0.3) is 0 Å². The van der Waals surface area contributed by atoms with Crippen LogP contribution < -0.4 is 5.32 Å². The fourth-order valence-electron chi connectivity index (χ4n) is 2.62. The molecule has 1 aliphatic carbocycles. The molecule has 0 spiro atoms. The van der Waals surface area contributed by atoms with Crippen molar-refractivity contribution in [3.8, 4) is 0 Å². The Balaban J connectivity index is 2.42. The standard InChI is InChI=1S/C16H27N3/c1-11(2)15-18-14-10-8-6-5-7-9-13(14)16(19-15)17-12(3)4/h11-12H,5-10H2,1-4H3,(H,17,18,19). The van der Waals surface area contributed by atoms with E-state index in [9.17, 15) is 0 Å². The normalized spacial score (nSPS) is 16.1. The van der Waals surface area contributed by atoms with Crippen LogP contribution in [-0.2, 0) is 12.8 Å². The minimum atomic E-state index is 0.392. The average molecular weight is 261 g/mol. The van der Waals surface area contributed by atoms with Gasteiger partial charge in [-0.2, -0.15) is 0 Å². The van der Waals surface area contributed by atoms with E-state index in [1.165, 1.54) is 36.9 Å². The lowest BCUT2D eigenvalue weighted by molar-refractivity contribution is 0.600. The lowest BCUT2D eigenvalue weighted by Gasteiger charge is -2.20. The fraction of sp³-hybridized carbons (Fsp3) is 0.750. The predicted molar refractivity (Wildman–Crippen MR) is 80.8 cm³/mol. The summed E-state index contributed by atoms with van der Waals surface area (Å²) in [5, 5.41) is 3.53. The van der Waals surface area contributed by atoms with Crippen molar-refractivity contribution in [2.45, 2.75) is 78.2 Å². The van der Waals surface area contributed by atoms with Gasteiger partial charge in [-0.05, 0) is 39.5 Å². The lowest BCUT2D eigenvalue weighted by Crippen LogP contribution is -2.18. The second kappa shape index (κ2) is 6.36. The van der Waals surface area contributed by atoms with Gasteiger partial charge >= 0.3 is 0 Å². The highest BCUT2D eigenvalue weighted by Gasteiger charge is 2.17. The highest BCUT2D eigenvalue weighted by atomic mass is 15.1. The van der Waals surface area contributed by atoms with Gasteiger partial charge in [0, 0.05) is 23.2 Å². The number of nitrogens with zero attached hydrogens (tertiary/aromatic N) is 2. The third-order valence-electron chi connectivity index (χ3n) is 3.64. The van der Waals surface area contributed by atoms with Gasteiger partial charge in [-0.25, -0.2) is 9.97 Å². The van der Waals surface area contributed by atoms with Crippen LogP contribution in [0, 0.1) is 0 Å². The molecule has 0 aliphatic heterocycles. The molecule has 1 aromatic heterocycles. The van der Waals surface area contributed by atoms with E-state index in [2.05, 4.69) is 33.0 Å². The Morgan fingerprint density at radius 2 is 1.58 bits per heavy atom. The van der Waals surface area contributed by atoms with Crippen molar-refractivity contribution in [2.75, 3.05) is 5.32 Å². The molecule has 3 nitrogen and oxygen atoms in total. The zero-order valence-electron chi connectivity index (χ0n) is 12.8. The molecular formula is C16H27N3. The van der Waals surface area contributed by atoms with Gasteiger partial charge < -0.3 is 5.32 Å². The van der Waals surface area contributed by atoms with E-state index in [1.807, 2.05) is 0 Å². The minimum absolute atomic E-state index is 0.392. The van der Waals surface area contributed by atoms with E-state index in [0.717, 1.165) is 24.5 Å². The van der Waals surface area contributed by atoms with Crippen LogP contribution in [0.3, 0.4) is 0 Å². The first-order chi connectivity index (χ1) is 9.08. The molecule has 1 heterocycles. The van der Waals surface area contributed by atoms with Crippen LogP contribution in [0.4, 0.5) is 5.82 Å². The first kappa shape index (κ1) is 14.3. The SMILES string of the molecule is CC(C)Nc1nc(C(C)C)nc2c1CCCCCC2. The Bertz CT molecular complexity index is 424. The number of hydrogen-bond donors (Lipinski definition) is 1. The fourth-order valence-corrected chi connectivity index (χ4v) is 2.62. The van der Waals surface area contributed by atoms with Gasteiger partial charge in [-0.1, -0.05) is 26.7 Å². The van der Waals surface area contributed by atoms with E-state index in [-0.39, 0.29) is 0 Å². The van der Waals surface area contributed by atoms with Crippen molar-refractivity contribution < 1.29 is 0 Å². The third-order valence-corrected chi connectivity index (χ3v) is 3.64. The van der Waals surface area contributed by atoms with Gasteiger partial charge in [-0.3, -0.25) is 0 Å². The summed E-state index contributed by atoms with van der Waals surface area (Å²) in [7, 11) is 0. The van der Waals surface area contributed by atoms with Gasteiger partial charge in [0.15, 0.2) is 0 Å². The number of aromatic nitrogens is 2. The number of rotatable bonds is 3. The Morgan fingerprint density at radius 1 is 0.895 bits per heavy atom. The molecule has 1 aliphatic rings. The third kappa shape index (κ3) is 3.68. The monoisotopic (exact) mass is 261 g/mol. The minimum Gasteiger partial charge on any atom is -0.368 e. The van der Waals surface area contributed by atoms with Crippen LogP contribution >= 0.6 is 0 Å². The second-order valence-corrected chi connectivity index (χ2v) is 6.22. The smallest absolute Gasteiger partial charge is 0.133 e. The maximum atomic E-state index is 4.83. The number of aryl methyl sites for hydroxylation is 1. The maximum Gasteiger partial charge on any atom is 0.133 e. The molecule has 106 valence electrons. The molecule has 0 bridgehead atoms. The summed E-state index contributed by atoms with van der Waals surface area (Å²) >= 11 is 0. The Morgan fingerprint density at radius 3 is 2.21 bits per heavy atom. The summed E-state index contributed by atoms with van der Waals surface area (Å²) in [5.41, 5.74) is 2.67. The molecule has 0 unspecified atom stereocenters. The van der Waals surface area contributed by atoms with Crippen molar-refractivity contribution in [1.29, 1.82) is 0 Å². The average Bonchev–Trinajstić information content (AvgIpc) is 2.29. The molecule has 0 fully saturated rings. The summed E-state index contributed by atoms with van der Waals surface area (Å²) in [6, 6.07) is 0.421. The Kier molecular flexibility index (Phi) is 4.78. The van der Waals surface area contributed by atoms with E-state index < -0.39 is 0 Å². The van der Waals surface area contributed by atoms with Gasteiger partial charge in [0.2, 0.25) is 0 Å². The number of nitrogens with one attached hydrogen (secondary N) is 1. The summed E-state index contributed by atoms with van der Waals surface area (Å²) in [6.45, 7) is 8.69. The summed E-state index contributed by atoms with van der Waals surface area (Å²) in [6.07, 6.45) is 7.46. The molecule has 1 aromatic rings. The molecule has 0 amide bonds. The molecule has 3 heteroatoms. The van der Waals surface area contributed by atoms with Crippen LogP contribution in [0.1, 0.15) is 76.4 Å². The van der Waals surface area contributed by atoms with E-state index in [0.29, 0.717) is 12.0 Å². The Hall–Kier alpha value is -1.12. The van der Waals surface area contributed by atoms with Crippen molar-refractivity contribution >= 4 is 5.82 Å². The second-order valence-electron chi connectivity index (χ2n) is 6.22. The first-order valence-electron chi connectivity index (χ1n) is 7.74. The van der Waals surface area contributed by atoms with Crippen LogP contribution in [0.5, 0.6) is 0 Å². The maximum absolute atomic E-state index is 4.83. The van der Waals surface area contributed by atoms with Crippen LogP contribution in [0.15, 0.2) is 0 Å². The van der Waals surface area contributed by atoms with E-state index in [1.54, 1.807) is 0 Å². The van der Waals surface area contributed by atoms with Crippen molar-refractivity contribution in [2.24, 2.45) is 0 Å². The lowest BCUT2D eigenvalue weighted by atomic mass is 9.97. The first-order valence-corrected chi connectivity index (χ1v) is 7.74. The van der Waals surface area contributed by atoms with E-state index in [4.69, 9.17) is 9.97 Å². The zero-order valence-corrected chi connectivity index (χ0v) is 12.8. The highest BCUT2D eigenvalue weighted by molar-refractivity contribution is 5.48. The van der Waals surface area contributed by atoms with Gasteiger partial charge in [0.1, 0.15) is 11.6 Å². The molecule has 0 atom stereocenters. The molecular weight excluding hydrogens is 234 g/mol. The topological polar surface area (TPSA) is 37.8 Å². The molecule has 0 saturated heterocycles. The van der Waals surface area contributed by atoms with Crippen LogP contribution in [0.2, 0.25) is 0 Å². The number of fused-ring (bicyclic) bond motifs is 1. The van der Waals surface area contributed by atoms with Gasteiger partial charge in [-0.15, -0.1) is 0 Å². The van der Waals surface area contributed by atoms with E-state index >= 15 is 0 Å². The molecule has 19 heavy (non-hydrogen) atoms. The molecule has 0 radical (unpaired) electrons. The number of anilines is 1. The largest absolute Gasteiger partial charge is 0.368 e. The molecule has 0 aromatic carbocycles. The summed E-state index contributed by atoms with van der Waals surface area (Å²) < 4.78 is 0. The molecule has 1 N–H and O–H groups in total. The van der Waals surface area contributed by atoms with Crippen molar-refractivity contribution in [3.05, 3.63) is 17.1 Å². The predicted octanol–water partition coefficient (Wildman–Crippen LogP) is 4.08.